The number of Topliss-reactive ketones (excluding diaryl/α,β-unsaturated/α-hetero) is 1. The highest BCUT2D eigenvalue weighted by atomic mass is 32.2. The molecule has 2 amide bonds. The van der Waals surface area contributed by atoms with Crippen LogP contribution in [0.2, 0.25) is 0 Å². The summed E-state index contributed by atoms with van der Waals surface area (Å²) >= 11 is 2.36. The van der Waals surface area contributed by atoms with E-state index in [1.54, 1.807) is 23.1 Å². The number of rotatable bonds is 9. The number of hydrogen-bond acceptors (Lipinski definition) is 11. The summed E-state index contributed by atoms with van der Waals surface area (Å²) in [5, 5.41) is 21.8. The Balaban J connectivity index is 1.40. The molecule has 13 heteroatoms. The lowest BCUT2D eigenvalue weighted by molar-refractivity contribution is -0.116. The topological polar surface area (TPSA) is 177 Å². The number of hydrogen-bond donors (Lipinski definition) is 3. The van der Waals surface area contributed by atoms with Crippen molar-refractivity contribution in [2.75, 3.05) is 22.6 Å². The van der Waals surface area contributed by atoms with Crippen LogP contribution in [0, 0.1) is 11.3 Å². The third-order valence-electron chi connectivity index (χ3n) is 6.82. The summed E-state index contributed by atoms with van der Waals surface area (Å²) in [7, 11) is 0. The van der Waals surface area contributed by atoms with Crippen LogP contribution in [0.4, 0.5) is 10.8 Å². The lowest BCUT2D eigenvalue weighted by Gasteiger charge is -2.38. The minimum absolute atomic E-state index is 0.00272. The van der Waals surface area contributed by atoms with Gasteiger partial charge in [0.2, 0.25) is 11.0 Å². The molecule has 1 unspecified atom stereocenters. The highest BCUT2D eigenvalue weighted by Crippen LogP contribution is 2.47. The van der Waals surface area contributed by atoms with Crippen LogP contribution in [0.1, 0.15) is 48.0 Å². The number of para-hydroxylation sites is 1. The van der Waals surface area contributed by atoms with Crippen LogP contribution in [0.15, 0.2) is 75.5 Å². The summed E-state index contributed by atoms with van der Waals surface area (Å²) in [6.07, 6.45) is 1.61. The molecule has 0 fully saturated rings. The number of thioether (sulfide) groups is 1. The summed E-state index contributed by atoms with van der Waals surface area (Å²) in [6.45, 7) is 2.43. The van der Waals surface area contributed by atoms with Gasteiger partial charge in [-0.3, -0.25) is 19.3 Å². The lowest BCUT2D eigenvalue weighted by Crippen LogP contribution is -2.38. The maximum atomic E-state index is 13.3. The first kappa shape index (κ1) is 28.8. The largest absolute Gasteiger partial charge is 0.494 e. The Labute approximate surface area is 250 Å². The monoisotopic (exact) mass is 601 g/mol. The number of allylic oxidation sites excluding steroid dienone is 3. The number of nitrogens with one attached hydrogen (secondary N) is 1. The highest BCUT2D eigenvalue weighted by molar-refractivity contribution is 8.01. The first-order valence-corrected chi connectivity index (χ1v) is 15.0. The molecular weight excluding hydrogens is 574 g/mol. The summed E-state index contributed by atoms with van der Waals surface area (Å²) in [5.41, 5.74) is 14.8. The predicted octanol–water partition coefficient (Wildman–Crippen LogP) is 4.07. The van der Waals surface area contributed by atoms with Gasteiger partial charge in [-0.25, -0.2) is 0 Å². The van der Waals surface area contributed by atoms with E-state index in [0.717, 1.165) is 17.3 Å². The highest BCUT2D eigenvalue weighted by Gasteiger charge is 2.41. The number of nitriles is 1. The Bertz CT molecular complexity index is 1660. The number of ketones is 1. The molecule has 1 aromatic heterocycles. The van der Waals surface area contributed by atoms with Crippen LogP contribution in [0.3, 0.4) is 0 Å². The molecule has 0 saturated carbocycles. The molecule has 0 bridgehead atoms. The van der Waals surface area contributed by atoms with E-state index in [1.165, 1.54) is 17.4 Å². The van der Waals surface area contributed by atoms with Crippen LogP contribution in [-0.4, -0.2) is 40.2 Å². The first-order chi connectivity index (χ1) is 20.3. The molecule has 2 aromatic carbocycles. The molecule has 0 saturated heterocycles. The van der Waals surface area contributed by atoms with Crippen LogP contribution >= 0.6 is 23.1 Å². The van der Waals surface area contributed by atoms with Crippen LogP contribution in [-0.2, 0) is 9.59 Å². The average molecular weight is 602 g/mol. The molecule has 1 atom stereocenters. The number of amides is 2. The number of ether oxygens (including phenoxy) is 1. The zero-order valence-electron chi connectivity index (χ0n) is 22.6. The van der Waals surface area contributed by atoms with Gasteiger partial charge in [0.25, 0.3) is 5.91 Å². The van der Waals surface area contributed by atoms with E-state index in [0.29, 0.717) is 58.0 Å². The van der Waals surface area contributed by atoms with E-state index < -0.39 is 11.8 Å². The van der Waals surface area contributed by atoms with E-state index in [4.69, 9.17) is 16.2 Å². The van der Waals surface area contributed by atoms with Crippen molar-refractivity contribution in [2.24, 2.45) is 11.5 Å². The Kier molecular flexibility index (Phi) is 8.56. The number of nitrogens with two attached hydrogens (primary N) is 2. The van der Waals surface area contributed by atoms with E-state index in [9.17, 15) is 19.6 Å². The van der Waals surface area contributed by atoms with Crippen LogP contribution in [0.25, 0.3) is 0 Å². The number of nitrogens with zero attached hydrogens (tertiary/aromatic N) is 4. The molecule has 5 rings (SSSR count). The fourth-order valence-corrected chi connectivity index (χ4v) is 6.71. The number of benzene rings is 2. The van der Waals surface area contributed by atoms with Gasteiger partial charge in [0.05, 0.1) is 41.2 Å². The van der Waals surface area contributed by atoms with E-state index in [-0.39, 0.29) is 34.4 Å². The van der Waals surface area contributed by atoms with Crippen LogP contribution < -0.4 is 26.4 Å². The maximum Gasteiger partial charge on any atom is 0.250 e. The zero-order valence-corrected chi connectivity index (χ0v) is 24.3. The van der Waals surface area contributed by atoms with Crippen LogP contribution in [0.5, 0.6) is 5.75 Å². The summed E-state index contributed by atoms with van der Waals surface area (Å²) < 4.78 is 6.05. The first-order valence-electron chi connectivity index (χ1n) is 13.2. The van der Waals surface area contributed by atoms with Gasteiger partial charge in [0.1, 0.15) is 11.6 Å². The van der Waals surface area contributed by atoms with Gasteiger partial charge in [-0.15, -0.1) is 10.2 Å². The Hall–Kier alpha value is -4.67. The molecule has 3 aromatic rings. The van der Waals surface area contributed by atoms with Crippen molar-refractivity contribution in [3.63, 3.8) is 0 Å². The minimum Gasteiger partial charge on any atom is -0.494 e. The van der Waals surface area contributed by atoms with Crippen molar-refractivity contribution >= 4 is 51.5 Å². The molecular formula is C29H27N7O4S2. The van der Waals surface area contributed by atoms with Crippen molar-refractivity contribution in [1.29, 1.82) is 5.26 Å². The van der Waals surface area contributed by atoms with Gasteiger partial charge in [-0.1, -0.05) is 47.4 Å². The number of carbonyl (C=O) groups is 3. The van der Waals surface area contributed by atoms with Gasteiger partial charge in [-0.2, -0.15) is 5.26 Å². The minimum atomic E-state index is -0.643. The number of aromatic nitrogens is 2. The van der Waals surface area contributed by atoms with Crippen molar-refractivity contribution in [2.45, 2.75) is 36.4 Å². The molecule has 1 aliphatic carbocycles. The normalized spacial score (nSPS) is 16.6. The zero-order chi connectivity index (χ0) is 29.8. The quantitative estimate of drug-likeness (QED) is 0.303. The molecule has 11 nitrogen and oxygen atoms in total. The maximum absolute atomic E-state index is 13.3. The molecule has 42 heavy (non-hydrogen) atoms. The fraction of sp³-hybridized carbons (Fsp3) is 0.241. The average Bonchev–Trinajstić information content (AvgIpc) is 3.45. The summed E-state index contributed by atoms with van der Waals surface area (Å²) in [4.78, 5) is 39.2. The van der Waals surface area contributed by atoms with Crippen molar-refractivity contribution in [3.05, 3.63) is 82.3 Å². The second kappa shape index (κ2) is 12.5. The second-order valence-electron chi connectivity index (χ2n) is 9.42. The van der Waals surface area contributed by atoms with Gasteiger partial charge < -0.3 is 21.5 Å². The molecule has 1 aliphatic heterocycles. The summed E-state index contributed by atoms with van der Waals surface area (Å²) in [5.74, 6) is -0.735. The van der Waals surface area contributed by atoms with Crippen molar-refractivity contribution in [1.82, 2.24) is 10.2 Å². The number of anilines is 2. The lowest BCUT2D eigenvalue weighted by atomic mass is 9.76. The molecule has 0 spiro atoms. The SMILES string of the molecule is CCOc1ccc(C2C(C#N)=C(N)N(c3nnc(SCC(=O)Nc4ccccc4C(N)=O)s3)C3=C2C(=O)CCC3)cc1. The Morgan fingerprint density at radius 1 is 1.19 bits per heavy atom. The third-order valence-corrected chi connectivity index (χ3v) is 8.86. The Morgan fingerprint density at radius 2 is 1.95 bits per heavy atom. The smallest absolute Gasteiger partial charge is 0.250 e. The fourth-order valence-electron chi connectivity index (χ4n) is 5.03. The van der Waals surface area contributed by atoms with Gasteiger partial charge in [0, 0.05) is 17.7 Å². The van der Waals surface area contributed by atoms with Crippen molar-refractivity contribution < 1.29 is 19.1 Å². The standard InChI is InChI=1S/C29H27N7O4S2/c1-2-40-17-12-10-16(11-13-17)24-19(14-30)26(31)36(21-8-5-9-22(37)25(21)24)28-34-35-29(42-28)41-15-23(38)33-20-7-4-3-6-18(20)27(32)39/h3-4,6-7,10-13,24H,2,5,8-9,15,31H2,1H3,(H2,32,39)(H,33,38). The molecule has 2 aliphatic rings. The predicted molar refractivity (Wildman–Crippen MR) is 160 cm³/mol. The van der Waals surface area contributed by atoms with Gasteiger partial charge >= 0.3 is 0 Å². The van der Waals surface area contributed by atoms with Crippen molar-refractivity contribution in [3.8, 4) is 11.8 Å². The Morgan fingerprint density at radius 3 is 2.67 bits per heavy atom. The van der Waals surface area contributed by atoms with E-state index in [1.807, 2.05) is 31.2 Å². The molecule has 5 N–H and O–H groups in total. The third kappa shape index (κ3) is 5.72. The van der Waals surface area contributed by atoms with E-state index >= 15 is 0 Å². The van der Waals surface area contributed by atoms with E-state index in [2.05, 4.69) is 21.6 Å². The number of carbonyl (C=O) groups excluding carboxylic acids is 3. The number of primary amides is 1. The second-order valence-corrected chi connectivity index (χ2v) is 11.6. The molecule has 0 radical (unpaired) electrons. The summed E-state index contributed by atoms with van der Waals surface area (Å²) in [6, 6.07) is 16.1. The molecule has 214 valence electrons. The van der Waals surface area contributed by atoms with Gasteiger partial charge in [-0.05, 0) is 49.6 Å². The molecule has 2 heterocycles. The van der Waals surface area contributed by atoms with Gasteiger partial charge in [0.15, 0.2) is 10.1 Å².